The van der Waals surface area contributed by atoms with E-state index < -0.39 is 5.97 Å². The molecule has 110 valence electrons. The van der Waals surface area contributed by atoms with Crippen LogP contribution in [0.4, 0.5) is 5.69 Å². The van der Waals surface area contributed by atoms with E-state index in [1.54, 1.807) is 25.4 Å². The van der Waals surface area contributed by atoms with Gasteiger partial charge in [0.2, 0.25) is 0 Å². The summed E-state index contributed by atoms with van der Waals surface area (Å²) in [4.78, 5) is 19.3. The van der Waals surface area contributed by atoms with Gasteiger partial charge in [-0.05, 0) is 29.8 Å². The second kappa shape index (κ2) is 7.69. The van der Waals surface area contributed by atoms with Crippen molar-refractivity contribution in [2.75, 3.05) is 7.05 Å². The van der Waals surface area contributed by atoms with Crippen molar-refractivity contribution in [1.82, 2.24) is 0 Å². The molecule has 0 saturated carbocycles. The number of hydrogen-bond donors (Lipinski definition) is 1. The molecule has 1 N–H and O–H groups in total. The Labute approximate surface area is 129 Å². The molecule has 0 bridgehead atoms. The van der Waals surface area contributed by atoms with Gasteiger partial charge in [-0.15, -0.1) is 0 Å². The van der Waals surface area contributed by atoms with Crippen LogP contribution >= 0.6 is 0 Å². The van der Waals surface area contributed by atoms with E-state index in [2.05, 4.69) is 9.98 Å². The number of carbonyl (C=O) groups is 1. The molecule has 0 aliphatic carbocycles. The van der Waals surface area contributed by atoms with Gasteiger partial charge in [0.1, 0.15) is 0 Å². The van der Waals surface area contributed by atoms with Crippen molar-refractivity contribution in [1.29, 1.82) is 0 Å². The van der Waals surface area contributed by atoms with Gasteiger partial charge in [-0.1, -0.05) is 42.5 Å². The summed E-state index contributed by atoms with van der Waals surface area (Å²) < 4.78 is 0. The van der Waals surface area contributed by atoms with Crippen LogP contribution in [0.25, 0.3) is 6.08 Å². The molecule has 22 heavy (non-hydrogen) atoms. The average molecular weight is 292 g/mol. The summed E-state index contributed by atoms with van der Waals surface area (Å²) in [6.07, 6.45) is 5.42. The quantitative estimate of drug-likeness (QED) is 0.850. The zero-order valence-corrected chi connectivity index (χ0v) is 12.2. The Kier molecular flexibility index (Phi) is 5.37. The van der Waals surface area contributed by atoms with Gasteiger partial charge in [-0.2, -0.15) is 0 Å². The molecule has 0 saturated heterocycles. The van der Waals surface area contributed by atoms with Gasteiger partial charge in [-0.3, -0.25) is 9.98 Å². The first kappa shape index (κ1) is 15.4. The van der Waals surface area contributed by atoms with Crippen LogP contribution < -0.4 is 0 Å². The van der Waals surface area contributed by atoms with Crippen LogP contribution in [0.5, 0.6) is 0 Å². The number of rotatable bonds is 5. The Bertz CT molecular complexity index is 732. The maximum absolute atomic E-state index is 10.9. The number of hydrogen-bond acceptors (Lipinski definition) is 3. The summed E-state index contributed by atoms with van der Waals surface area (Å²) in [5.41, 5.74) is 2.56. The fraction of sp³-hybridized carbons (Fsp3) is 0.0556. The Morgan fingerprint density at radius 1 is 1.09 bits per heavy atom. The number of carboxylic acid groups (broad SMARTS) is 1. The molecule has 4 heteroatoms. The van der Waals surface area contributed by atoms with Crippen LogP contribution in [0.15, 0.2) is 70.7 Å². The van der Waals surface area contributed by atoms with Crippen molar-refractivity contribution in [2.45, 2.75) is 0 Å². The van der Waals surface area contributed by atoms with Crippen molar-refractivity contribution < 1.29 is 9.90 Å². The molecule has 0 aliphatic rings. The topological polar surface area (TPSA) is 62.0 Å². The monoisotopic (exact) mass is 292 g/mol. The van der Waals surface area contributed by atoms with Crippen LogP contribution in [0, 0.1) is 0 Å². The highest BCUT2D eigenvalue weighted by Crippen LogP contribution is 2.13. The summed E-state index contributed by atoms with van der Waals surface area (Å²) in [7, 11) is 1.68. The van der Waals surface area contributed by atoms with Crippen molar-refractivity contribution in [2.24, 2.45) is 9.98 Å². The van der Waals surface area contributed by atoms with Gasteiger partial charge >= 0.3 is 5.97 Å². The van der Waals surface area contributed by atoms with Gasteiger partial charge < -0.3 is 5.11 Å². The number of aliphatic imine (C=N–C) groups is 2. The van der Waals surface area contributed by atoms with Gasteiger partial charge in [0.25, 0.3) is 0 Å². The third-order valence-corrected chi connectivity index (χ3v) is 2.94. The molecule has 0 radical (unpaired) electrons. The van der Waals surface area contributed by atoms with E-state index in [1.165, 1.54) is 12.1 Å². The molecule has 0 fully saturated rings. The van der Waals surface area contributed by atoms with Crippen molar-refractivity contribution in [3.05, 3.63) is 71.8 Å². The number of allylic oxidation sites excluding steroid dienone is 1. The standard InChI is InChI=1S/C18H16N2O2/c1-19-17(11-10-14-6-3-2-4-7-14)13-20-16-9-5-8-15(12-16)18(21)22/h2-13H,1H3,(H,21,22)/b11-10-,19-17?,20-13?. The minimum atomic E-state index is -0.967. The lowest BCUT2D eigenvalue weighted by Gasteiger charge is -1.97. The lowest BCUT2D eigenvalue weighted by molar-refractivity contribution is 0.0697. The molecule has 0 heterocycles. The highest BCUT2D eigenvalue weighted by molar-refractivity contribution is 6.37. The van der Waals surface area contributed by atoms with Crippen molar-refractivity contribution in [3.63, 3.8) is 0 Å². The zero-order valence-electron chi connectivity index (χ0n) is 12.2. The van der Waals surface area contributed by atoms with E-state index in [0.717, 1.165) is 5.56 Å². The summed E-state index contributed by atoms with van der Waals surface area (Å²) in [5.74, 6) is -0.967. The average Bonchev–Trinajstić information content (AvgIpc) is 2.56. The van der Waals surface area contributed by atoms with Gasteiger partial charge in [0.05, 0.1) is 23.2 Å². The van der Waals surface area contributed by atoms with Gasteiger partial charge in [0, 0.05) is 7.05 Å². The van der Waals surface area contributed by atoms with E-state index >= 15 is 0 Å². The molecule has 2 rings (SSSR count). The van der Waals surface area contributed by atoms with Crippen LogP contribution in [0.3, 0.4) is 0 Å². The van der Waals surface area contributed by atoms with E-state index in [0.29, 0.717) is 11.4 Å². The second-order valence-electron chi connectivity index (χ2n) is 4.51. The molecule has 0 amide bonds. The minimum Gasteiger partial charge on any atom is -0.478 e. The summed E-state index contributed by atoms with van der Waals surface area (Å²) in [6.45, 7) is 0. The number of aromatic carboxylic acids is 1. The highest BCUT2D eigenvalue weighted by Gasteiger charge is 2.01. The zero-order chi connectivity index (χ0) is 15.8. The molecular weight excluding hydrogens is 276 g/mol. The molecule has 2 aromatic rings. The van der Waals surface area contributed by atoms with Crippen molar-refractivity contribution >= 4 is 29.7 Å². The van der Waals surface area contributed by atoms with E-state index in [9.17, 15) is 4.79 Å². The summed E-state index contributed by atoms with van der Waals surface area (Å²) >= 11 is 0. The first-order valence-electron chi connectivity index (χ1n) is 6.76. The number of carboxylic acids is 1. The molecule has 4 nitrogen and oxygen atoms in total. The molecule has 0 spiro atoms. The normalized spacial score (nSPS) is 12.1. The Morgan fingerprint density at radius 2 is 1.86 bits per heavy atom. The molecule has 0 aliphatic heterocycles. The SMILES string of the molecule is CN=C(C=Nc1cccc(C(=O)O)c1)/C=C\c1ccccc1. The summed E-state index contributed by atoms with van der Waals surface area (Å²) in [6, 6.07) is 16.4. The fourth-order valence-corrected chi connectivity index (χ4v) is 1.78. The van der Waals surface area contributed by atoms with Gasteiger partial charge in [0.15, 0.2) is 0 Å². The van der Waals surface area contributed by atoms with Crippen LogP contribution in [-0.4, -0.2) is 30.0 Å². The largest absolute Gasteiger partial charge is 0.478 e. The predicted octanol–water partition coefficient (Wildman–Crippen LogP) is 3.87. The maximum atomic E-state index is 10.9. The Balaban J connectivity index is 2.12. The van der Waals surface area contributed by atoms with Crippen LogP contribution in [-0.2, 0) is 0 Å². The van der Waals surface area contributed by atoms with Crippen LogP contribution in [0.2, 0.25) is 0 Å². The maximum Gasteiger partial charge on any atom is 0.335 e. The second-order valence-corrected chi connectivity index (χ2v) is 4.51. The predicted molar refractivity (Wildman–Crippen MR) is 90.4 cm³/mol. The lowest BCUT2D eigenvalue weighted by Crippen LogP contribution is -1.96. The van der Waals surface area contributed by atoms with Crippen molar-refractivity contribution in [3.8, 4) is 0 Å². The van der Waals surface area contributed by atoms with Gasteiger partial charge in [-0.25, -0.2) is 4.79 Å². The highest BCUT2D eigenvalue weighted by atomic mass is 16.4. The van der Waals surface area contributed by atoms with E-state index in [4.69, 9.17) is 5.11 Å². The first-order valence-corrected chi connectivity index (χ1v) is 6.76. The minimum absolute atomic E-state index is 0.212. The molecule has 0 aromatic heterocycles. The fourth-order valence-electron chi connectivity index (χ4n) is 1.78. The molecule has 2 aromatic carbocycles. The smallest absolute Gasteiger partial charge is 0.335 e. The molecule has 0 unspecified atom stereocenters. The Hall–Kier alpha value is -3.01. The third-order valence-electron chi connectivity index (χ3n) is 2.94. The first-order chi connectivity index (χ1) is 10.7. The van der Waals surface area contributed by atoms with E-state index in [-0.39, 0.29) is 5.56 Å². The molecule has 0 atom stereocenters. The Morgan fingerprint density at radius 3 is 2.55 bits per heavy atom. The van der Waals surface area contributed by atoms with Crippen LogP contribution in [0.1, 0.15) is 15.9 Å². The lowest BCUT2D eigenvalue weighted by atomic mass is 10.2. The van der Waals surface area contributed by atoms with E-state index in [1.807, 2.05) is 42.5 Å². The third kappa shape index (κ3) is 4.52. The summed E-state index contributed by atoms with van der Waals surface area (Å²) in [5, 5.41) is 8.96. The number of nitrogens with zero attached hydrogens (tertiary/aromatic N) is 2. The number of benzene rings is 2. The molecular formula is C18H16N2O2.